The van der Waals surface area contributed by atoms with Crippen LogP contribution in [0, 0.1) is 0 Å². The summed E-state index contributed by atoms with van der Waals surface area (Å²) in [5, 5.41) is 4.04. The zero-order chi connectivity index (χ0) is 14.0. The summed E-state index contributed by atoms with van der Waals surface area (Å²) in [5.74, 6) is -0.0162. The average Bonchev–Trinajstić information content (AvgIpc) is 2.73. The van der Waals surface area contributed by atoms with E-state index in [-0.39, 0.29) is 17.6 Å². The van der Waals surface area contributed by atoms with Gasteiger partial charge in [0.2, 0.25) is 0 Å². The first kappa shape index (κ1) is 14.0. The molecule has 1 aliphatic rings. The Hall–Kier alpha value is -1.40. The Morgan fingerprint density at radius 2 is 2.37 bits per heavy atom. The molecule has 2 rings (SSSR count). The minimum absolute atomic E-state index is 0.0162. The van der Waals surface area contributed by atoms with Crippen LogP contribution in [0.25, 0.3) is 0 Å². The summed E-state index contributed by atoms with van der Waals surface area (Å²) in [6.07, 6.45) is 1.54. The second-order valence-electron chi connectivity index (χ2n) is 5.48. The summed E-state index contributed by atoms with van der Waals surface area (Å²) in [6, 6.07) is 1.73. The summed E-state index contributed by atoms with van der Waals surface area (Å²) in [6.45, 7) is 5.56. The Balaban J connectivity index is 2.15. The normalized spacial score (nSPS) is 22.5. The number of methoxy groups -OCH3 is 1. The van der Waals surface area contributed by atoms with E-state index < -0.39 is 0 Å². The van der Waals surface area contributed by atoms with Crippen molar-refractivity contribution in [2.75, 3.05) is 26.8 Å². The topological polar surface area (TPSA) is 56.6 Å². The van der Waals surface area contributed by atoms with Crippen molar-refractivity contribution >= 4 is 5.91 Å². The first-order chi connectivity index (χ1) is 8.93. The molecule has 1 amide bonds. The fraction of sp³-hybridized carbons (Fsp3) is 0.692. The van der Waals surface area contributed by atoms with E-state index in [0.29, 0.717) is 25.4 Å². The Morgan fingerprint density at radius 1 is 1.63 bits per heavy atom. The van der Waals surface area contributed by atoms with Crippen LogP contribution in [-0.2, 0) is 16.5 Å². The smallest absolute Gasteiger partial charge is 0.272 e. The zero-order valence-corrected chi connectivity index (χ0v) is 11.9. The lowest BCUT2D eigenvalue weighted by Gasteiger charge is -2.42. The Morgan fingerprint density at radius 3 is 2.95 bits per heavy atom. The number of morpholine rings is 1. The van der Waals surface area contributed by atoms with Crippen LogP contribution in [0.15, 0.2) is 12.3 Å². The van der Waals surface area contributed by atoms with E-state index in [4.69, 9.17) is 9.47 Å². The number of carbonyl (C=O) groups is 1. The molecule has 0 aromatic carbocycles. The lowest BCUT2D eigenvalue weighted by molar-refractivity contribution is -0.143. The van der Waals surface area contributed by atoms with Gasteiger partial charge in [0.15, 0.2) is 0 Å². The molecule has 0 aliphatic carbocycles. The van der Waals surface area contributed by atoms with Crippen LogP contribution in [0.4, 0.5) is 0 Å². The maximum Gasteiger partial charge on any atom is 0.272 e. The van der Waals surface area contributed by atoms with E-state index >= 15 is 0 Å². The number of aryl methyl sites for hydroxylation is 1. The molecule has 0 radical (unpaired) electrons. The first-order valence-corrected chi connectivity index (χ1v) is 6.37. The van der Waals surface area contributed by atoms with Gasteiger partial charge in [-0.15, -0.1) is 0 Å². The molecule has 2 heterocycles. The lowest BCUT2D eigenvalue weighted by Crippen LogP contribution is -2.55. The van der Waals surface area contributed by atoms with Crippen LogP contribution in [0.5, 0.6) is 0 Å². The molecule has 1 unspecified atom stereocenters. The minimum Gasteiger partial charge on any atom is -0.382 e. The van der Waals surface area contributed by atoms with Gasteiger partial charge in [-0.3, -0.25) is 9.48 Å². The molecular weight excluding hydrogens is 246 g/mol. The molecule has 0 N–H and O–H groups in total. The van der Waals surface area contributed by atoms with Crippen LogP contribution in [0.3, 0.4) is 0 Å². The number of nitrogens with zero attached hydrogens (tertiary/aromatic N) is 3. The van der Waals surface area contributed by atoms with E-state index in [2.05, 4.69) is 5.10 Å². The fourth-order valence-corrected chi connectivity index (χ4v) is 2.47. The third kappa shape index (κ3) is 3.13. The largest absolute Gasteiger partial charge is 0.382 e. The molecule has 0 saturated carbocycles. The van der Waals surface area contributed by atoms with Gasteiger partial charge in [-0.05, 0) is 19.9 Å². The van der Waals surface area contributed by atoms with Crippen molar-refractivity contribution < 1.29 is 14.3 Å². The zero-order valence-electron chi connectivity index (χ0n) is 11.9. The Bertz CT molecular complexity index is 456. The maximum atomic E-state index is 12.5. The van der Waals surface area contributed by atoms with E-state index in [1.54, 1.807) is 31.1 Å². The van der Waals surface area contributed by atoms with E-state index in [1.165, 1.54) is 0 Å². The molecule has 1 fully saturated rings. The van der Waals surface area contributed by atoms with Gasteiger partial charge in [0.1, 0.15) is 5.69 Å². The standard InChI is InChI=1S/C13H21N3O3/c1-13(2)9-16(7-10(19-13)8-18-4)12(17)11-5-6-14-15(11)3/h5-6,10H,7-9H2,1-4H3. The molecule has 1 aromatic rings. The quantitative estimate of drug-likeness (QED) is 0.808. The molecule has 1 atom stereocenters. The van der Waals surface area contributed by atoms with Crippen molar-refractivity contribution in [2.24, 2.45) is 7.05 Å². The van der Waals surface area contributed by atoms with E-state index in [0.717, 1.165) is 0 Å². The maximum absolute atomic E-state index is 12.5. The van der Waals surface area contributed by atoms with Gasteiger partial charge < -0.3 is 14.4 Å². The number of hydrogen-bond donors (Lipinski definition) is 0. The molecule has 0 bridgehead atoms. The summed E-state index contributed by atoms with van der Waals surface area (Å²) in [5.41, 5.74) is 0.226. The van der Waals surface area contributed by atoms with Gasteiger partial charge in [0, 0.05) is 33.4 Å². The molecule has 0 spiro atoms. The summed E-state index contributed by atoms with van der Waals surface area (Å²) in [4.78, 5) is 14.3. The van der Waals surface area contributed by atoms with E-state index in [9.17, 15) is 4.79 Å². The van der Waals surface area contributed by atoms with Gasteiger partial charge in [-0.25, -0.2) is 0 Å². The highest BCUT2D eigenvalue weighted by Crippen LogP contribution is 2.22. The summed E-state index contributed by atoms with van der Waals surface area (Å²) in [7, 11) is 3.41. The Kier molecular flexibility index (Phi) is 3.91. The highest BCUT2D eigenvalue weighted by Gasteiger charge is 2.36. The van der Waals surface area contributed by atoms with Crippen molar-refractivity contribution in [3.63, 3.8) is 0 Å². The highest BCUT2D eigenvalue weighted by atomic mass is 16.5. The first-order valence-electron chi connectivity index (χ1n) is 6.37. The molecular formula is C13H21N3O3. The third-order valence-corrected chi connectivity index (χ3v) is 3.16. The third-order valence-electron chi connectivity index (χ3n) is 3.16. The highest BCUT2D eigenvalue weighted by molar-refractivity contribution is 5.92. The monoisotopic (exact) mass is 267 g/mol. The van der Waals surface area contributed by atoms with Crippen molar-refractivity contribution in [2.45, 2.75) is 25.6 Å². The number of aromatic nitrogens is 2. The molecule has 19 heavy (non-hydrogen) atoms. The van der Waals surface area contributed by atoms with Crippen LogP contribution < -0.4 is 0 Å². The molecule has 1 saturated heterocycles. The minimum atomic E-state index is -0.365. The van der Waals surface area contributed by atoms with Crippen LogP contribution in [-0.4, -0.2) is 59.1 Å². The molecule has 106 valence electrons. The molecule has 1 aliphatic heterocycles. The van der Waals surface area contributed by atoms with Gasteiger partial charge in [-0.2, -0.15) is 5.10 Å². The van der Waals surface area contributed by atoms with Crippen molar-refractivity contribution in [1.82, 2.24) is 14.7 Å². The van der Waals surface area contributed by atoms with Gasteiger partial charge in [-0.1, -0.05) is 0 Å². The predicted molar refractivity (Wildman–Crippen MR) is 69.9 cm³/mol. The average molecular weight is 267 g/mol. The SMILES string of the molecule is COCC1CN(C(=O)c2ccnn2C)CC(C)(C)O1. The number of rotatable bonds is 3. The fourth-order valence-electron chi connectivity index (χ4n) is 2.47. The molecule has 1 aromatic heterocycles. The van der Waals surface area contributed by atoms with Gasteiger partial charge in [0.25, 0.3) is 5.91 Å². The van der Waals surface area contributed by atoms with Crippen molar-refractivity contribution in [3.8, 4) is 0 Å². The number of amides is 1. The van der Waals surface area contributed by atoms with Gasteiger partial charge >= 0.3 is 0 Å². The summed E-state index contributed by atoms with van der Waals surface area (Å²) >= 11 is 0. The van der Waals surface area contributed by atoms with Gasteiger partial charge in [0.05, 0.1) is 18.3 Å². The van der Waals surface area contributed by atoms with Crippen LogP contribution in [0.2, 0.25) is 0 Å². The number of ether oxygens (including phenoxy) is 2. The van der Waals surface area contributed by atoms with Crippen LogP contribution in [0.1, 0.15) is 24.3 Å². The lowest BCUT2D eigenvalue weighted by atomic mass is 10.0. The molecule has 6 heteroatoms. The van der Waals surface area contributed by atoms with Crippen molar-refractivity contribution in [1.29, 1.82) is 0 Å². The number of hydrogen-bond acceptors (Lipinski definition) is 4. The molecule has 6 nitrogen and oxygen atoms in total. The number of carbonyl (C=O) groups excluding carboxylic acids is 1. The van der Waals surface area contributed by atoms with Crippen molar-refractivity contribution in [3.05, 3.63) is 18.0 Å². The predicted octanol–water partition coefficient (Wildman–Crippen LogP) is 0.686. The second kappa shape index (κ2) is 5.30. The Labute approximate surface area is 113 Å². The second-order valence-corrected chi connectivity index (χ2v) is 5.48. The van der Waals surface area contributed by atoms with Crippen LogP contribution >= 0.6 is 0 Å². The summed E-state index contributed by atoms with van der Waals surface area (Å²) < 4.78 is 12.6. The van der Waals surface area contributed by atoms with E-state index in [1.807, 2.05) is 18.7 Å².